The lowest BCUT2D eigenvalue weighted by Crippen LogP contribution is -2.30. The van der Waals surface area contributed by atoms with Crippen molar-refractivity contribution in [2.75, 3.05) is 12.3 Å². The predicted molar refractivity (Wildman–Crippen MR) is 106 cm³/mol. The molecule has 5 nitrogen and oxygen atoms in total. The van der Waals surface area contributed by atoms with Crippen LogP contribution in [0.3, 0.4) is 0 Å². The fourth-order valence-electron chi connectivity index (χ4n) is 1.15. The van der Waals surface area contributed by atoms with Crippen molar-refractivity contribution in [2.45, 2.75) is 0 Å². The normalized spacial score (nSPS) is 11.4. The third-order valence-corrected chi connectivity index (χ3v) is 8.71. The van der Waals surface area contributed by atoms with Crippen molar-refractivity contribution in [2.24, 2.45) is 0 Å². The average Bonchev–Trinajstić information content (AvgIpc) is 2.25. The number of hydrogen-bond donors (Lipinski definition) is 2. The highest BCUT2D eigenvalue weighted by molar-refractivity contribution is 14.1. The molecule has 10 heteroatoms. The van der Waals surface area contributed by atoms with Crippen LogP contribution in [-0.2, 0) is 10.1 Å². The predicted octanol–water partition coefficient (Wildman–Crippen LogP) is 2.72. The Balaban J connectivity index is 2.95. The topological polar surface area (TPSA) is 83.5 Å². The number of benzene rings is 1. The molecule has 0 aliphatic carbocycles. The highest BCUT2D eigenvalue weighted by atomic mass is 127. The molecule has 0 spiro atoms. The van der Waals surface area contributed by atoms with Gasteiger partial charge in [-0.1, -0.05) is 0 Å². The Morgan fingerprint density at radius 2 is 1.63 bits per heavy atom. The molecule has 0 unspecified atom stereocenters. The van der Waals surface area contributed by atoms with Crippen molar-refractivity contribution >= 4 is 106 Å². The van der Waals surface area contributed by atoms with Crippen LogP contribution in [0, 0.1) is 14.3 Å². The maximum Gasteiger partial charge on any atom is 0.266 e. The first-order valence-corrected chi connectivity index (χ1v) is 10.6. The summed E-state index contributed by atoms with van der Waals surface area (Å²) in [5.74, 6) is -0.832. The Morgan fingerprint density at radius 1 is 1.16 bits per heavy atom. The monoisotopic (exact) mass is 733 g/mol. The lowest BCUT2D eigenvalue weighted by molar-refractivity contribution is 0.0954. The Bertz CT molecular complexity index is 591. The van der Waals surface area contributed by atoms with Gasteiger partial charge in [-0.2, -0.15) is 8.42 Å². The van der Waals surface area contributed by atoms with Crippen LogP contribution in [0.4, 0.5) is 0 Å². The van der Waals surface area contributed by atoms with Crippen LogP contribution in [-0.4, -0.2) is 31.2 Å². The Morgan fingerprint density at radius 3 is 2.05 bits per heavy atom. The van der Waals surface area contributed by atoms with E-state index in [0.29, 0.717) is 5.56 Å². The second-order valence-electron chi connectivity index (χ2n) is 3.39. The minimum Gasteiger partial charge on any atom is -0.351 e. The van der Waals surface area contributed by atoms with Crippen LogP contribution in [0.5, 0.6) is 0 Å². The van der Waals surface area contributed by atoms with Gasteiger partial charge in [0.1, 0.15) is 0 Å². The number of hydrogen-bond acceptors (Lipinski definition) is 3. The second-order valence-corrected chi connectivity index (χ2v) is 9.44. The number of halogens is 4. The first-order valence-electron chi connectivity index (χ1n) is 4.70. The maximum absolute atomic E-state index is 12.1. The Kier molecular flexibility index (Phi) is 7.51. The lowest BCUT2D eigenvalue weighted by atomic mass is 10.2. The highest BCUT2D eigenvalue weighted by Gasteiger charge is 2.19. The zero-order valence-electron chi connectivity index (χ0n) is 9.08. The molecule has 0 radical (unpaired) electrons. The molecule has 1 amide bonds. The second kappa shape index (κ2) is 7.68. The summed E-state index contributed by atoms with van der Waals surface area (Å²) in [5.41, 5.74) is 0.535. The molecule has 0 heterocycles. The number of nitrogens with one attached hydrogen (secondary N) is 1. The summed E-state index contributed by atoms with van der Waals surface area (Å²) in [4.78, 5) is 12.1. The molecule has 0 fully saturated rings. The van der Waals surface area contributed by atoms with Gasteiger partial charge in [-0.3, -0.25) is 9.35 Å². The minimum absolute atomic E-state index is 0.119. The number of amides is 1. The third kappa shape index (κ3) is 5.67. The molecule has 0 atom stereocenters. The molecule has 1 rings (SSSR count). The summed E-state index contributed by atoms with van der Waals surface area (Å²) in [6.07, 6.45) is 0. The zero-order valence-corrected chi connectivity index (χ0v) is 18.5. The maximum atomic E-state index is 12.1. The van der Waals surface area contributed by atoms with Crippen molar-refractivity contribution in [1.29, 1.82) is 0 Å². The molecular weight excluding hydrogens is 726 g/mol. The van der Waals surface area contributed by atoms with Gasteiger partial charge >= 0.3 is 0 Å². The van der Waals surface area contributed by atoms with E-state index in [0.717, 1.165) is 14.3 Å². The van der Waals surface area contributed by atoms with E-state index in [9.17, 15) is 13.2 Å². The van der Waals surface area contributed by atoms with Crippen LogP contribution >= 0.6 is 90.4 Å². The van der Waals surface area contributed by atoms with Gasteiger partial charge in [-0.25, -0.2) is 0 Å². The van der Waals surface area contributed by atoms with E-state index in [-0.39, 0.29) is 12.5 Å². The smallest absolute Gasteiger partial charge is 0.266 e. The van der Waals surface area contributed by atoms with Gasteiger partial charge in [0.25, 0.3) is 16.0 Å². The number of rotatable bonds is 4. The zero-order chi connectivity index (χ0) is 14.8. The number of carbonyl (C=O) groups is 1. The summed E-state index contributed by atoms with van der Waals surface area (Å²) in [6.45, 7) is -0.119. The van der Waals surface area contributed by atoms with E-state index in [1.807, 2.05) is 6.07 Å². The standard InChI is InChI=1S/C9H7I4NO4S/c10-4-3-5(11)8(13)6(7(4)12)9(15)14-1-2-19(16,17)18/h3H,1-2H2,(H,14,15)(H,16,17,18). The summed E-state index contributed by atoms with van der Waals surface area (Å²) < 4.78 is 33.4. The van der Waals surface area contributed by atoms with Crippen molar-refractivity contribution in [1.82, 2.24) is 5.32 Å². The molecular formula is C9H7I4NO4S. The SMILES string of the molecule is O=C(NCCS(=O)(=O)O)c1c(I)c(I)cc(I)c1I. The molecule has 19 heavy (non-hydrogen) atoms. The molecule has 1 aromatic rings. The summed E-state index contributed by atoms with van der Waals surface area (Å²) >= 11 is 8.46. The first kappa shape index (κ1) is 18.6. The Hall–Kier alpha value is 1.52. The van der Waals surface area contributed by atoms with Crippen LogP contribution < -0.4 is 5.32 Å². The molecule has 1 aromatic carbocycles. The van der Waals surface area contributed by atoms with Gasteiger partial charge in [-0.15, -0.1) is 0 Å². The molecule has 0 saturated carbocycles. The fraction of sp³-hybridized carbons (Fsp3) is 0.222. The van der Waals surface area contributed by atoms with E-state index < -0.39 is 15.9 Å². The lowest BCUT2D eigenvalue weighted by Gasteiger charge is -2.11. The molecule has 106 valence electrons. The summed E-state index contributed by atoms with van der Waals surface area (Å²) in [7, 11) is -4.06. The van der Waals surface area contributed by atoms with E-state index in [2.05, 4.69) is 95.7 Å². The number of carbonyl (C=O) groups excluding carboxylic acids is 1. The van der Waals surface area contributed by atoms with Gasteiger partial charge in [0.05, 0.1) is 11.3 Å². The average molecular weight is 733 g/mol. The molecule has 2 N–H and O–H groups in total. The van der Waals surface area contributed by atoms with Gasteiger partial charge in [0.2, 0.25) is 0 Å². The van der Waals surface area contributed by atoms with Crippen LogP contribution in [0.2, 0.25) is 0 Å². The van der Waals surface area contributed by atoms with Crippen LogP contribution in [0.15, 0.2) is 6.07 Å². The largest absolute Gasteiger partial charge is 0.351 e. The molecule has 0 aliphatic rings. The summed E-state index contributed by atoms with van der Waals surface area (Å²) in [6, 6.07) is 1.97. The van der Waals surface area contributed by atoms with E-state index >= 15 is 0 Å². The molecule has 0 saturated heterocycles. The van der Waals surface area contributed by atoms with E-state index in [1.165, 1.54) is 0 Å². The van der Waals surface area contributed by atoms with E-state index in [4.69, 9.17) is 4.55 Å². The van der Waals surface area contributed by atoms with Crippen LogP contribution in [0.1, 0.15) is 10.4 Å². The van der Waals surface area contributed by atoms with Crippen molar-refractivity contribution in [3.8, 4) is 0 Å². The van der Waals surface area contributed by atoms with Gasteiger partial charge < -0.3 is 5.32 Å². The minimum atomic E-state index is -4.06. The molecule has 0 aliphatic heterocycles. The quantitative estimate of drug-likeness (QED) is 0.284. The van der Waals surface area contributed by atoms with Gasteiger partial charge in [0.15, 0.2) is 0 Å². The fourth-order valence-corrected chi connectivity index (χ4v) is 5.13. The molecule has 0 bridgehead atoms. The highest BCUT2D eigenvalue weighted by Crippen LogP contribution is 2.28. The van der Waals surface area contributed by atoms with Gasteiger partial charge in [0, 0.05) is 20.8 Å². The Labute approximate surface area is 165 Å². The summed E-state index contributed by atoms with van der Waals surface area (Å²) in [5, 5.41) is 2.50. The van der Waals surface area contributed by atoms with Crippen LogP contribution in [0.25, 0.3) is 0 Å². The van der Waals surface area contributed by atoms with Gasteiger partial charge in [-0.05, 0) is 96.4 Å². The first-order chi connectivity index (χ1) is 8.63. The van der Waals surface area contributed by atoms with Crippen molar-refractivity contribution < 1.29 is 17.8 Å². The third-order valence-electron chi connectivity index (χ3n) is 1.98. The molecule has 0 aromatic heterocycles. The van der Waals surface area contributed by atoms with E-state index in [1.54, 1.807) is 0 Å². The van der Waals surface area contributed by atoms with Crippen molar-refractivity contribution in [3.05, 3.63) is 25.9 Å². The van der Waals surface area contributed by atoms with Crippen molar-refractivity contribution in [3.63, 3.8) is 0 Å².